The average molecular weight is 298 g/mol. The first-order valence-electron chi connectivity index (χ1n) is 5.10. The van der Waals surface area contributed by atoms with E-state index in [-0.39, 0.29) is 0 Å². The lowest BCUT2D eigenvalue weighted by Crippen LogP contribution is -2.02. The number of rotatable bonds is 4. The van der Waals surface area contributed by atoms with Crippen LogP contribution in [-0.2, 0) is 0 Å². The highest BCUT2D eigenvalue weighted by Crippen LogP contribution is 2.32. The number of nitrogens with one attached hydrogen (secondary N) is 1. The molecule has 0 aromatic carbocycles. The van der Waals surface area contributed by atoms with E-state index >= 15 is 0 Å². The molecule has 0 spiro atoms. The van der Waals surface area contributed by atoms with Crippen LogP contribution in [-0.4, -0.2) is 16.5 Å². The second-order valence-electron chi connectivity index (χ2n) is 3.31. The number of aromatic nitrogens is 2. The first kappa shape index (κ1) is 11.5. The summed E-state index contributed by atoms with van der Waals surface area (Å²) in [7, 11) is 0. The van der Waals surface area contributed by atoms with Crippen molar-refractivity contribution in [3.8, 4) is 10.6 Å². The highest BCUT2D eigenvalue weighted by atomic mass is 79.9. The Balaban J connectivity index is 2.26. The van der Waals surface area contributed by atoms with E-state index in [0.717, 1.165) is 33.8 Å². The molecule has 2 aromatic heterocycles. The Morgan fingerprint density at radius 1 is 1.44 bits per heavy atom. The Hall–Kier alpha value is -0.940. The molecule has 2 rings (SSSR count). The highest BCUT2D eigenvalue weighted by molar-refractivity contribution is 9.10. The van der Waals surface area contributed by atoms with Crippen molar-refractivity contribution in [2.75, 3.05) is 11.9 Å². The van der Waals surface area contributed by atoms with Gasteiger partial charge in [0.1, 0.15) is 12.1 Å². The molecule has 0 unspecified atom stereocenters. The maximum absolute atomic E-state index is 4.28. The van der Waals surface area contributed by atoms with Gasteiger partial charge in [0, 0.05) is 17.1 Å². The van der Waals surface area contributed by atoms with Crippen molar-refractivity contribution < 1.29 is 0 Å². The van der Waals surface area contributed by atoms with E-state index in [1.54, 1.807) is 17.7 Å². The van der Waals surface area contributed by atoms with Crippen molar-refractivity contribution in [2.24, 2.45) is 0 Å². The summed E-state index contributed by atoms with van der Waals surface area (Å²) in [4.78, 5) is 9.60. The summed E-state index contributed by atoms with van der Waals surface area (Å²) < 4.78 is 1.08. The zero-order valence-electron chi connectivity index (χ0n) is 8.90. The molecule has 0 saturated heterocycles. The van der Waals surface area contributed by atoms with Crippen LogP contribution in [0.25, 0.3) is 10.6 Å². The molecular weight excluding hydrogens is 286 g/mol. The van der Waals surface area contributed by atoms with E-state index in [0.29, 0.717) is 0 Å². The fourth-order valence-corrected chi connectivity index (χ4v) is 2.85. The maximum Gasteiger partial charge on any atom is 0.129 e. The Kier molecular flexibility index (Phi) is 3.90. The monoisotopic (exact) mass is 297 g/mol. The Labute approximate surface area is 107 Å². The summed E-state index contributed by atoms with van der Waals surface area (Å²) in [6.45, 7) is 3.06. The Morgan fingerprint density at radius 2 is 2.31 bits per heavy atom. The van der Waals surface area contributed by atoms with E-state index in [9.17, 15) is 0 Å². The minimum Gasteiger partial charge on any atom is -0.370 e. The molecule has 0 aliphatic rings. The van der Waals surface area contributed by atoms with Crippen LogP contribution < -0.4 is 5.32 Å². The summed E-state index contributed by atoms with van der Waals surface area (Å²) in [5.74, 6) is 0.882. The van der Waals surface area contributed by atoms with Gasteiger partial charge in [-0.3, -0.25) is 0 Å². The summed E-state index contributed by atoms with van der Waals surface area (Å²) in [6, 6.07) is 4.01. The zero-order chi connectivity index (χ0) is 11.4. The van der Waals surface area contributed by atoms with Crippen LogP contribution in [0.15, 0.2) is 28.3 Å². The third-order valence-electron chi connectivity index (χ3n) is 2.07. The third-order valence-corrected chi connectivity index (χ3v) is 3.93. The van der Waals surface area contributed by atoms with Crippen molar-refractivity contribution >= 4 is 33.1 Å². The van der Waals surface area contributed by atoms with Gasteiger partial charge in [-0.05, 0) is 33.8 Å². The molecule has 0 bridgehead atoms. The Morgan fingerprint density at radius 3 is 3.00 bits per heavy atom. The molecule has 2 aromatic rings. The standard InChI is InChI=1S/C11H12BrN3S/c1-2-4-13-10-6-9(14-7-15-10)11-8(12)3-5-16-11/h3,5-7H,2,4H2,1H3,(H,13,14,15). The first-order valence-corrected chi connectivity index (χ1v) is 6.78. The smallest absolute Gasteiger partial charge is 0.129 e. The van der Waals surface area contributed by atoms with Gasteiger partial charge in [-0.1, -0.05) is 6.92 Å². The number of halogens is 1. The molecule has 16 heavy (non-hydrogen) atoms. The van der Waals surface area contributed by atoms with Crippen LogP contribution in [0.1, 0.15) is 13.3 Å². The fraction of sp³-hybridized carbons (Fsp3) is 0.273. The maximum atomic E-state index is 4.28. The van der Waals surface area contributed by atoms with Crippen LogP contribution in [0.5, 0.6) is 0 Å². The minimum atomic E-state index is 0.882. The van der Waals surface area contributed by atoms with Gasteiger partial charge in [-0.15, -0.1) is 11.3 Å². The molecule has 0 aliphatic heterocycles. The van der Waals surface area contributed by atoms with Gasteiger partial charge in [-0.25, -0.2) is 9.97 Å². The normalized spacial score (nSPS) is 10.4. The molecule has 3 nitrogen and oxygen atoms in total. The molecule has 1 N–H and O–H groups in total. The van der Waals surface area contributed by atoms with Gasteiger partial charge in [0.05, 0.1) is 10.6 Å². The van der Waals surface area contributed by atoms with Gasteiger partial charge in [0.2, 0.25) is 0 Å². The lowest BCUT2D eigenvalue weighted by molar-refractivity contribution is 0.965. The summed E-state index contributed by atoms with van der Waals surface area (Å²) in [5.41, 5.74) is 0.954. The van der Waals surface area contributed by atoms with Crippen LogP contribution in [0.4, 0.5) is 5.82 Å². The molecule has 5 heteroatoms. The molecular formula is C11H12BrN3S. The molecule has 0 amide bonds. The van der Waals surface area contributed by atoms with Crippen molar-refractivity contribution in [1.82, 2.24) is 9.97 Å². The van der Waals surface area contributed by atoms with Crippen molar-refractivity contribution in [1.29, 1.82) is 0 Å². The fourth-order valence-electron chi connectivity index (χ4n) is 1.31. The SMILES string of the molecule is CCCNc1cc(-c2sccc2Br)ncn1. The number of thiophene rings is 1. The van der Waals surface area contributed by atoms with Crippen molar-refractivity contribution in [2.45, 2.75) is 13.3 Å². The number of nitrogens with zero attached hydrogens (tertiary/aromatic N) is 2. The topological polar surface area (TPSA) is 37.8 Å². The van der Waals surface area contributed by atoms with E-state index in [1.807, 2.05) is 17.5 Å². The molecule has 0 radical (unpaired) electrons. The van der Waals surface area contributed by atoms with Gasteiger partial charge in [0.15, 0.2) is 0 Å². The molecule has 0 aliphatic carbocycles. The summed E-state index contributed by atoms with van der Waals surface area (Å²) in [5, 5.41) is 5.30. The predicted octanol–water partition coefficient (Wildman–Crippen LogP) is 3.79. The number of anilines is 1. The van der Waals surface area contributed by atoms with E-state index in [4.69, 9.17) is 0 Å². The zero-order valence-corrected chi connectivity index (χ0v) is 11.3. The largest absolute Gasteiger partial charge is 0.370 e. The third kappa shape index (κ3) is 2.59. The molecule has 0 atom stereocenters. The van der Waals surface area contributed by atoms with Crippen LogP contribution >= 0.6 is 27.3 Å². The highest BCUT2D eigenvalue weighted by Gasteiger charge is 2.06. The second-order valence-corrected chi connectivity index (χ2v) is 5.08. The number of hydrogen-bond donors (Lipinski definition) is 1. The van der Waals surface area contributed by atoms with Gasteiger partial charge in [-0.2, -0.15) is 0 Å². The van der Waals surface area contributed by atoms with Crippen LogP contribution in [0.2, 0.25) is 0 Å². The minimum absolute atomic E-state index is 0.882. The van der Waals surface area contributed by atoms with E-state index in [1.165, 1.54) is 0 Å². The lowest BCUT2D eigenvalue weighted by atomic mass is 10.3. The van der Waals surface area contributed by atoms with Gasteiger partial charge < -0.3 is 5.32 Å². The second kappa shape index (κ2) is 5.41. The Bertz CT molecular complexity index is 470. The van der Waals surface area contributed by atoms with Gasteiger partial charge >= 0.3 is 0 Å². The quantitative estimate of drug-likeness (QED) is 0.933. The van der Waals surface area contributed by atoms with Crippen LogP contribution in [0.3, 0.4) is 0 Å². The van der Waals surface area contributed by atoms with Crippen LogP contribution in [0, 0.1) is 0 Å². The molecule has 2 heterocycles. The van der Waals surface area contributed by atoms with E-state index < -0.39 is 0 Å². The molecule has 0 fully saturated rings. The molecule has 0 saturated carbocycles. The summed E-state index contributed by atoms with van der Waals surface area (Å²) >= 11 is 5.18. The first-order chi connectivity index (χ1) is 7.81. The van der Waals surface area contributed by atoms with E-state index in [2.05, 4.69) is 38.1 Å². The summed E-state index contributed by atoms with van der Waals surface area (Å²) in [6.07, 6.45) is 2.68. The number of hydrogen-bond acceptors (Lipinski definition) is 4. The average Bonchev–Trinajstić information content (AvgIpc) is 2.73. The molecule has 84 valence electrons. The predicted molar refractivity (Wildman–Crippen MR) is 71.8 cm³/mol. The van der Waals surface area contributed by atoms with Gasteiger partial charge in [0.25, 0.3) is 0 Å². The van der Waals surface area contributed by atoms with Crippen molar-refractivity contribution in [3.05, 3.63) is 28.3 Å². The van der Waals surface area contributed by atoms with Crippen molar-refractivity contribution in [3.63, 3.8) is 0 Å². The lowest BCUT2D eigenvalue weighted by Gasteiger charge is -2.04.